The van der Waals surface area contributed by atoms with E-state index in [1.54, 1.807) is 0 Å². The lowest BCUT2D eigenvalue weighted by Gasteiger charge is -2.26. The Kier molecular flexibility index (Phi) is 4.36. The second-order valence-electron chi connectivity index (χ2n) is 6.93. The molecule has 2 aromatic carbocycles. The van der Waals surface area contributed by atoms with Crippen LogP contribution in [0.3, 0.4) is 0 Å². The summed E-state index contributed by atoms with van der Waals surface area (Å²) in [6, 6.07) is 15.1. The highest BCUT2D eigenvalue weighted by atomic mass is 16.3. The third kappa shape index (κ3) is 3.49. The Labute approximate surface area is 148 Å². The van der Waals surface area contributed by atoms with E-state index < -0.39 is 0 Å². The van der Waals surface area contributed by atoms with E-state index in [-0.39, 0.29) is 6.10 Å². The number of hydrogen-bond donors (Lipinski definition) is 2. The number of aliphatic hydroxyl groups is 1. The molecule has 0 radical (unpaired) electrons. The molecule has 1 fully saturated rings. The molecule has 0 saturated heterocycles. The van der Waals surface area contributed by atoms with Gasteiger partial charge in [-0.3, -0.25) is 0 Å². The maximum atomic E-state index is 9.61. The van der Waals surface area contributed by atoms with E-state index in [1.807, 2.05) is 6.20 Å². The molecule has 1 aliphatic rings. The van der Waals surface area contributed by atoms with Crippen LogP contribution < -0.4 is 5.32 Å². The predicted molar refractivity (Wildman–Crippen MR) is 102 cm³/mol. The number of aliphatic hydroxyl groups excluding tert-OH is 1. The first-order valence-electron chi connectivity index (χ1n) is 8.96. The number of hydrogen-bond acceptors (Lipinski definition) is 4. The maximum absolute atomic E-state index is 9.61. The molecule has 2 N–H and O–H groups in total. The zero-order chi connectivity index (χ0) is 17.2. The Balaban J connectivity index is 1.58. The summed E-state index contributed by atoms with van der Waals surface area (Å²) in [5.41, 5.74) is 4.65. The van der Waals surface area contributed by atoms with Crippen molar-refractivity contribution in [1.82, 2.24) is 9.97 Å². The number of aromatic nitrogens is 2. The van der Waals surface area contributed by atoms with Gasteiger partial charge in [-0.1, -0.05) is 30.3 Å². The molecule has 4 nitrogen and oxygen atoms in total. The van der Waals surface area contributed by atoms with Gasteiger partial charge >= 0.3 is 0 Å². The van der Waals surface area contributed by atoms with Crippen molar-refractivity contribution in [3.63, 3.8) is 0 Å². The second-order valence-corrected chi connectivity index (χ2v) is 6.93. The summed E-state index contributed by atoms with van der Waals surface area (Å²) in [6.07, 6.45) is 5.39. The molecular formula is C21H23N3O. The van der Waals surface area contributed by atoms with E-state index in [1.165, 1.54) is 16.7 Å². The number of nitrogens with one attached hydrogen (secondary N) is 1. The second kappa shape index (κ2) is 6.81. The molecule has 0 aliphatic heterocycles. The third-order valence-corrected chi connectivity index (χ3v) is 5.07. The normalized spacial score (nSPS) is 20.6. The van der Waals surface area contributed by atoms with Gasteiger partial charge in [-0.05, 0) is 61.4 Å². The van der Waals surface area contributed by atoms with Crippen LogP contribution in [0.15, 0.2) is 48.7 Å². The van der Waals surface area contributed by atoms with Gasteiger partial charge in [0.25, 0.3) is 0 Å². The summed E-state index contributed by atoms with van der Waals surface area (Å²) in [5, 5.41) is 14.1. The van der Waals surface area contributed by atoms with E-state index in [4.69, 9.17) is 0 Å². The van der Waals surface area contributed by atoms with Crippen molar-refractivity contribution in [2.24, 2.45) is 0 Å². The van der Waals surface area contributed by atoms with Crippen LogP contribution in [-0.2, 0) is 0 Å². The van der Waals surface area contributed by atoms with Crippen LogP contribution in [0.1, 0.15) is 31.2 Å². The smallest absolute Gasteiger partial charge is 0.223 e. The fourth-order valence-electron chi connectivity index (χ4n) is 3.57. The van der Waals surface area contributed by atoms with Gasteiger partial charge in [0, 0.05) is 17.6 Å². The van der Waals surface area contributed by atoms with Crippen molar-refractivity contribution in [1.29, 1.82) is 0 Å². The van der Waals surface area contributed by atoms with E-state index >= 15 is 0 Å². The van der Waals surface area contributed by atoms with Crippen LogP contribution in [0, 0.1) is 6.92 Å². The summed E-state index contributed by atoms with van der Waals surface area (Å²) in [6.45, 7) is 2.13. The zero-order valence-corrected chi connectivity index (χ0v) is 14.4. The fraction of sp³-hybridized carbons (Fsp3) is 0.333. The Morgan fingerprint density at radius 2 is 1.84 bits per heavy atom. The summed E-state index contributed by atoms with van der Waals surface area (Å²) in [4.78, 5) is 9.15. The summed E-state index contributed by atoms with van der Waals surface area (Å²) < 4.78 is 0. The van der Waals surface area contributed by atoms with Gasteiger partial charge < -0.3 is 10.4 Å². The Morgan fingerprint density at radius 1 is 1.04 bits per heavy atom. The predicted octanol–water partition coefficient (Wildman–Crippen LogP) is 4.32. The van der Waals surface area contributed by atoms with Crippen LogP contribution in [0.2, 0.25) is 0 Å². The molecule has 0 spiro atoms. The van der Waals surface area contributed by atoms with Gasteiger partial charge in [0.2, 0.25) is 5.95 Å². The van der Waals surface area contributed by atoms with Gasteiger partial charge in [0.05, 0.1) is 11.6 Å². The summed E-state index contributed by atoms with van der Waals surface area (Å²) in [5.74, 6) is 0.678. The Bertz CT molecular complexity index is 885. The minimum atomic E-state index is -0.143. The molecule has 25 heavy (non-hydrogen) atoms. The quantitative estimate of drug-likeness (QED) is 0.749. The lowest BCUT2D eigenvalue weighted by molar-refractivity contribution is 0.126. The van der Waals surface area contributed by atoms with Crippen LogP contribution in [-0.4, -0.2) is 27.2 Å². The number of rotatable bonds is 3. The van der Waals surface area contributed by atoms with Crippen LogP contribution in [0.4, 0.5) is 5.95 Å². The largest absolute Gasteiger partial charge is 0.393 e. The average Bonchev–Trinajstić information content (AvgIpc) is 2.64. The highest BCUT2D eigenvalue weighted by molar-refractivity contribution is 5.85. The molecule has 128 valence electrons. The molecule has 1 heterocycles. The standard InChI is InChI=1S/C21H23N3O/c1-14-4-2-3-5-19(14)15-6-11-20-16(12-15)13-22-21(24-20)23-17-7-9-18(25)10-8-17/h2-6,11-13,17-18,25H,7-10H2,1H3,(H,22,23,24). The third-order valence-electron chi connectivity index (χ3n) is 5.07. The first-order chi connectivity index (χ1) is 12.2. The lowest BCUT2D eigenvalue weighted by Crippen LogP contribution is -2.28. The molecule has 4 heteroatoms. The fourth-order valence-corrected chi connectivity index (χ4v) is 3.57. The van der Waals surface area contributed by atoms with Crippen molar-refractivity contribution in [3.8, 4) is 11.1 Å². The lowest BCUT2D eigenvalue weighted by atomic mass is 9.93. The van der Waals surface area contributed by atoms with Crippen molar-refractivity contribution in [2.45, 2.75) is 44.8 Å². The Hall–Kier alpha value is -2.46. The SMILES string of the molecule is Cc1ccccc1-c1ccc2nc(NC3CCC(O)CC3)ncc2c1. The number of aryl methyl sites for hydroxylation is 1. The number of fused-ring (bicyclic) bond motifs is 1. The minimum absolute atomic E-state index is 0.143. The van der Waals surface area contributed by atoms with Gasteiger partial charge in [0.1, 0.15) is 0 Å². The van der Waals surface area contributed by atoms with Crippen LogP contribution >= 0.6 is 0 Å². The molecule has 0 unspecified atom stereocenters. The molecule has 4 rings (SSSR count). The molecule has 0 atom stereocenters. The number of anilines is 1. The van der Waals surface area contributed by atoms with Gasteiger partial charge in [-0.2, -0.15) is 0 Å². The highest BCUT2D eigenvalue weighted by Gasteiger charge is 2.19. The average molecular weight is 333 g/mol. The van der Waals surface area contributed by atoms with E-state index in [0.29, 0.717) is 12.0 Å². The topological polar surface area (TPSA) is 58.0 Å². The van der Waals surface area contributed by atoms with E-state index in [0.717, 1.165) is 36.6 Å². The number of benzene rings is 2. The van der Waals surface area contributed by atoms with Gasteiger partial charge in [-0.25, -0.2) is 9.97 Å². The van der Waals surface area contributed by atoms with Crippen LogP contribution in [0.5, 0.6) is 0 Å². The number of nitrogens with zero attached hydrogens (tertiary/aromatic N) is 2. The highest BCUT2D eigenvalue weighted by Crippen LogP contribution is 2.27. The molecule has 1 saturated carbocycles. The summed E-state index contributed by atoms with van der Waals surface area (Å²) in [7, 11) is 0. The molecule has 0 amide bonds. The Morgan fingerprint density at radius 3 is 2.64 bits per heavy atom. The van der Waals surface area contributed by atoms with Gasteiger partial charge in [-0.15, -0.1) is 0 Å². The van der Waals surface area contributed by atoms with Crippen molar-refractivity contribution < 1.29 is 5.11 Å². The van der Waals surface area contributed by atoms with Crippen LogP contribution in [0.25, 0.3) is 22.0 Å². The van der Waals surface area contributed by atoms with E-state index in [2.05, 4.69) is 64.7 Å². The first-order valence-corrected chi connectivity index (χ1v) is 8.96. The molecular weight excluding hydrogens is 310 g/mol. The monoisotopic (exact) mass is 333 g/mol. The van der Waals surface area contributed by atoms with E-state index in [9.17, 15) is 5.11 Å². The van der Waals surface area contributed by atoms with Crippen molar-refractivity contribution in [2.75, 3.05) is 5.32 Å². The molecule has 3 aromatic rings. The zero-order valence-electron chi connectivity index (χ0n) is 14.4. The van der Waals surface area contributed by atoms with Gasteiger partial charge in [0.15, 0.2) is 0 Å². The van der Waals surface area contributed by atoms with Crippen molar-refractivity contribution in [3.05, 3.63) is 54.2 Å². The molecule has 0 bridgehead atoms. The molecule has 1 aliphatic carbocycles. The van der Waals surface area contributed by atoms with Crippen molar-refractivity contribution >= 4 is 16.9 Å². The molecule has 1 aromatic heterocycles. The maximum Gasteiger partial charge on any atom is 0.223 e. The minimum Gasteiger partial charge on any atom is -0.393 e. The first kappa shape index (κ1) is 16.0. The summed E-state index contributed by atoms with van der Waals surface area (Å²) >= 11 is 0.